The molecule has 0 aromatic carbocycles. The van der Waals surface area contributed by atoms with Gasteiger partial charge in [-0.2, -0.15) is 0 Å². The number of pyridine rings is 1. The van der Waals surface area contributed by atoms with Crippen LogP contribution in [0.5, 0.6) is 0 Å². The maximum atomic E-state index is 11.9. The Balaban J connectivity index is 2.93. The van der Waals surface area contributed by atoms with E-state index < -0.39 is 15.6 Å². The Kier molecular flexibility index (Phi) is 4.24. The van der Waals surface area contributed by atoms with Crippen LogP contribution in [0.3, 0.4) is 0 Å². The van der Waals surface area contributed by atoms with Crippen molar-refractivity contribution in [2.45, 2.75) is 37.9 Å². The predicted molar refractivity (Wildman–Crippen MR) is 67.1 cm³/mol. The third-order valence-electron chi connectivity index (χ3n) is 1.89. The van der Waals surface area contributed by atoms with Crippen LogP contribution >= 0.6 is 0 Å². The molecule has 6 heteroatoms. The highest BCUT2D eigenvalue weighted by Crippen LogP contribution is 2.10. The Morgan fingerprint density at radius 1 is 1.29 bits per heavy atom. The summed E-state index contributed by atoms with van der Waals surface area (Å²) in [6.07, 6.45) is 1.56. The smallest absolute Gasteiger partial charge is 0.258 e. The molecule has 0 aliphatic rings. The van der Waals surface area contributed by atoms with E-state index in [4.69, 9.17) is 0 Å². The predicted octanol–water partition coefficient (Wildman–Crippen LogP) is 0.878. The van der Waals surface area contributed by atoms with Gasteiger partial charge in [0.05, 0.1) is 0 Å². The summed E-state index contributed by atoms with van der Waals surface area (Å²) in [7, 11) is -1.71. The molecule has 0 atom stereocenters. The molecule has 5 nitrogen and oxygen atoms in total. The fourth-order valence-electron chi connectivity index (χ4n) is 1.33. The van der Waals surface area contributed by atoms with Crippen LogP contribution in [0.2, 0.25) is 0 Å². The van der Waals surface area contributed by atoms with Crippen molar-refractivity contribution in [3.8, 4) is 0 Å². The van der Waals surface area contributed by atoms with Gasteiger partial charge >= 0.3 is 0 Å². The molecule has 1 rings (SSSR count). The van der Waals surface area contributed by atoms with Gasteiger partial charge in [-0.3, -0.25) is 0 Å². The first kappa shape index (κ1) is 14.1. The lowest BCUT2D eigenvalue weighted by molar-refractivity contribution is 0.489. The monoisotopic (exact) mass is 257 g/mol. The average Bonchev–Trinajstić information content (AvgIpc) is 2.15. The van der Waals surface area contributed by atoms with Crippen LogP contribution in [0.1, 0.15) is 26.3 Å². The molecule has 1 aromatic heterocycles. The lowest BCUT2D eigenvalue weighted by Crippen LogP contribution is -2.40. The molecule has 0 saturated carbocycles. The SMILES string of the molecule is CNCc1ccc(S(=O)(=O)NC(C)(C)C)nc1. The maximum Gasteiger partial charge on any atom is 0.258 e. The molecule has 96 valence electrons. The number of hydrogen-bond donors (Lipinski definition) is 2. The Morgan fingerprint density at radius 3 is 2.35 bits per heavy atom. The molecule has 0 fully saturated rings. The third kappa shape index (κ3) is 4.41. The normalized spacial score (nSPS) is 12.7. The van der Waals surface area contributed by atoms with Crippen LogP contribution in [0, 0.1) is 0 Å². The van der Waals surface area contributed by atoms with Crippen LogP contribution < -0.4 is 10.0 Å². The molecular weight excluding hydrogens is 238 g/mol. The van der Waals surface area contributed by atoms with Gasteiger partial charge in [0.15, 0.2) is 5.03 Å². The molecule has 0 aliphatic heterocycles. The van der Waals surface area contributed by atoms with Gasteiger partial charge in [0.25, 0.3) is 10.0 Å². The minimum atomic E-state index is -3.53. The van der Waals surface area contributed by atoms with Crippen molar-refractivity contribution in [2.24, 2.45) is 0 Å². The second kappa shape index (κ2) is 5.12. The minimum absolute atomic E-state index is 0.0484. The minimum Gasteiger partial charge on any atom is -0.316 e. The van der Waals surface area contributed by atoms with E-state index in [1.807, 2.05) is 7.05 Å². The standard InChI is InChI=1S/C11H19N3O2S/c1-11(2,3)14-17(15,16)10-6-5-9(7-12-4)8-13-10/h5-6,8,12,14H,7H2,1-4H3. The van der Waals surface area contributed by atoms with Gasteiger partial charge in [-0.1, -0.05) is 6.07 Å². The third-order valence-corrected chi connectivity index (χ3v) is 3.57. The summed E-state index contributed by atoms with van der Waals surface area (Å²) in [4.78, 5) is 3.96. The summed E-state index contributed by atoms with van der Waals surface area (Å²) in [5, 5.41) is 3.02. The molecular formula is C11H19N3O2S. The highest BCUT2D eigenvalue weighted by atomic mass is 32.2. The Morgan fingerprint density at radius 2 is 1.94 bits per heavy atom. The molecule has 1 aromatic rings. The summed E-state index contributed by atoms with van der Waals surface area (Å²) >= 11 is 0. The van der Waals surface area contributed by atoms with Crippen molar-refractivity contribution in [1.82, 2.24) is 15.0 Å². The quantitative estimate of drug-likeness (QED) is 0.840. The van der Waals surface area contributed by atoms with Crippen molar-refractivity contribution in [3.63, 3.8) is 0 Å². The van der Waals surface area contributed by atoms with Crippen LogP contribution in [0.15, 0.2) is 23.4 Å². The zero-order valence-electron chi connectivity index (χ0n) is 10.6. The van der Waals surface area contributed by atoms with Gasteiger partial charge in [-0.15, -0.1) is 0 Å². The van der Waals surface area contributed by atoms with E-state index in [1.165, 1.54) is 6.07 Å². The Labute approximate surface area is 103 Å². The highest BCUT2D eigenvalue weighted by Gasteiger charge is 2.22. The number of nitrogens with one attached hydrogen (secondary N) is 2. The van der Waals surface area contributed by atoms with Crippen LogP contribution in [0.4, 0.5) is 0 Å². The zero-order chi connectivity index (χ0) is 13.1. The second-order valence-corrected chi connectivity index (χ2v) is 6.52. The van der Waals surface area contributed by atoms with Gasteiger partial charge in [-0.05, 0) is 39.4 Å². The molecule has 0 amide bonds. The van der Waals surface area contributed by atoms with Crippen LogP contribution in [-0.2, 0) is 16.6 Å². The molecule has 17 heavy (non-hydrogen) atoms. The molecule has 0 spiro atoms. The van der Waals surface area contributed by atoms with Gasteiger partial charge in [0.1, 0.15) is 0 Å². The number of rotatable bonds is 4. The van der Waals surface area contributed by atoms with Gasteiger partial charge in [0, 0.05) is 18.3 Å². The Bertz CT molecular complexity index is 460. The van der Waals surface area contributed by atoms with Crippen LogP contribution in [0.25, 0.3) is 0 Å². The summed E-state index contributed by atoms with van der Waals surface area (Å²) in [5.41, 5.74) is 0.437. The van der Waals surface area contributed by atoms with Crippen molar-refractivity contribution < 1.29 is 8.42 Å². The lowest BCUT2D eigenvalue weighted by Gasteiger charge is -2.19. The molecule has 0 unspecified atom stereocenters. The number of hydrogen-bond acceptors (Lipinski definition) is 4. The van der Waals surface area contributed by atoms with E-state index >= 15 is 0 Å². The topological polar surface area (TPSA) is 71.1 Å². The molecule has 0 radical (unpaired) electrons. The van der Waals surface area contributed by atoms with E-state index in [0.29, 0.717) is 6.54 Å². The first-order valence-electron chi connectivity index (χ1n) is 5.38. The average molecular weight is 257 g/mol. The summed E-state index contributed by atoms with van der Waals surface area (Å²) in [6, 6.07) is 3.27. The molecule has 2 N–H and O–H groups in total. The Hall–Kier alpha value is -0.980. The van der Waals surface area contributed by atoms with Crippen molar-refractivity contribution in [1.29, 1.82) is 0 Å². The van der Waals surface area contributed by atoms with Crippen molar-refractivity contribution in [3.05, 3.63) is 23.9 Å². The first-order valence-corrected chi connectivity index (χ1v) is 6.86. The second-order valence-electron chi connectivity index (χ2n) is 4.89. The number of aromatic nitrogens is 1. The van der Waals surface area contributed by atoms with Crippen LogP contribution in [-0.4, -0.2) is 26.0 Å². The van der Waals surface area contributed by atoms with Gasteiger partial charge < -0.3 is 5.32 Å². The number of nitrogens with zero attached hydrogens (tertiary/aromatic N) is 1. The number of sulfonamides is 1. The van der Waals surface area contributed by atoms with Crippen molar-refractivity contribution in [2.75, 3.05) is 7.05 Å². The fourth-order valence-corrected chi connectivity index (χ4v) is 2.68. The summed E-state index contributed by atoms with van der Waals surface area (Å²) < 4.78 is 26.4. The molecule has 0 aliphatic carbocycles. The first-order chi connectivity index (χ1) is 7.74. The highest BCUT2D eigenvalue weighted by molar-refractivity contribution is 7.89. The van der Waals surface area contributed by atoms with Crippen molar-refractivity contribution >= 4 is 10.0 Å². The van der Waals surface area contributed by atoms with Gasteiger partial charge in [-0.25, -0.2) is 18.1 Å². The van der Waals surface area contributed by atoms with Gasteiger partial charge in [0.2, 0.25) is 0 Å². The molecule has 0 saturated heterocycles. The summed E-state index contributed by atoms with van der Waals surface area (Å²) in [6.45, 7) is 6.04. The summed E-state index contributed by atoms with van der Waals surface area (Å²) in [5.74, 6) is 0. The largest absolute Gasteiger partial charge is 0.316 e. The van der Waals surface area contributed by atoms with E-state index in [2.05, 4.69) is 15.0 Å². The molecule has 1 heterocycles. The zero-order valence-corrected chi connectivity index (χ0v) is 11.4. The lowest BCUT2D eigenvalue weighted by atomic mass is 10.1. The van der Waals surface area contributed by atoms with E-state index in [0.717, 1.165) is 5.56 Å². The van der Waals surface area contributed by atoms with E-state index in [9.17, 15) is 8.42 Å². The molecule has 0 bridgehead atoms. The van der Waals surface area contributed by atoms with E-state index in [1.54, 1.807) is 33.0 Å². The maximum absolute atomic E-state index is 11.9. The fraction of sp³-hybridized carbons (Fsp3) is 0.545. The van der Waals surface area contributed by atoms with E-state index in [-0.39, 0.29) is 5.03 Å².